The summed E-state index contributed by atoms with van der Waals surface area (Å²) in [6.07, 6.45) is 7.53. The lowest BCUT2D eigenvalue weighted by atomic mass is 10.2. The molecule has 2 atom stereocenters. The summed E-state index contributed by atoms with van der Waals surface area (Å²) in [4.78, 5) is 2.65. The Bertz CT molecular complexity index is 218. The Hall–Kier alpha value is -0.120. The van der Waals surface area contributed by atoms with Gasteiger partial charge in [-0.05, 0) is 45.2 Å². The van der Waals surface area contributed by atoms with E-state index in [0.29, 0.717) is 12.2 Å². The number of likely N-dealkylation sites (N-methyl/N-ethyl adjacent to an activating group) is 1. The summed E-state index contributed by atoms with van der Waals surface area (Å²) in [5, 5.41) is 3.39. The maximum Gasteiger partial charge on any atom is 0.0707 e. The Morgan fingerprint density at radius 2 is 1.88 bits per heavy atom. The second kappa shape index (κ2) is 6.72. The zero-order valence-electron chi connectivity index (χ0n) is 11.5. The number of hydrogen-bond donors (Lipinski definition) is 1. The van der Waals surface area contributed by atoms with Crippen LogP contribution in [0, 0.1) is 0 Å². The summed E-state index contributed by atoms with van der Waals surface area (Å²) in [7, 11) is 0. The molecule has 2 fully saturated rings. The van der Waals surface area contributed by atoms with Gasteiger partial charge in [0, 0.05) is 19.1 Å². The molecule has 2 unspecified atom stereocenters. The fraction of sp³-hybridized carbons (Fsp3) is 1.00. The minimum atomic E-state index is 0.461. The van der Waals surface area contributed by atoms with Crippen LogP contribution in [0.15, 0.2) is 0 Å². The summed E-state index contributed by atoms with van der Waals surface area (Å²) in [6.45, 7) is 8.93. The molecule has 3 heteroatoms. The highest BCUT2D eigenvalue weighted by atomic mass is 16.5. The highest BCUT2D eigenvalue weighted by molar-refractivity contribution is 4.87. The fourth-order valence-electron chi connectivity index (χ4n) is 2.78. The predicted octanol–water partition coefficient (Wildman–Crippen LogP) is 2.02. The summed E-state index contributed by atoms with van der Waals surface area (Å²) < 4.78 is 6.11. The third-order valence-corrected chi connectivity index (χ3v) is 3.83. The van der Waals surface area contributed by atoms with E-state index in [2.05, 4.69) is 24.1 Å². The number of nitrogens with zero attached hydrogens (tertiary/aromatic N) is 1. The molecule has 1 saturated heterocycles. The standard InChI is InChI=1S/C14H28N2O/c1-3-9-16(12-5-6-12)11-14-8-7-13(17-14)10-15-4-2/h12-15H,3-11H2,1-2H3. The van der Waals surface area contributed by atoms with Crippen LogP contribution in [0.1, 0.15) is 46.0 Å². The molecule has 0 spiro atoms. The van der Waals surface area contributed by atoms with Crippen LogP contribution in [0.25, 0.3) is 0 Å². The largest absolute Gasteiger partial charge is 0.372 e. The van der Waals surface area contributed by atoms with E-state index < -0.39 is 0 Å². The number of nitrogens with one attached hydrogen (secondary N) is 1. The Labute approximate surface area is 106 Å². The quantitative estimate of drug-likeness (QED) is 0.702. The molecular formula is C14H28N2O. The first-order valence-electron chi connectivity index (χ1n) is 7.43. The average molecular weight is 240 g/mol. The van der Waals surface area contributed by atoms with Crippen LogP contribution in [-0.2, 0) is 4.74 Å². The number of ether oxygens (including phenoxy) is 1. The Morgan fingerprint density at radius 3 is 2.53 bits per heavy atom. The molecule has 2 aliphatic rings. The second-order valence-electron chi connectivity index (χ2n) is 5.49. The summed E-state index contributed by atoms with van der Waals surface area (Å²) in [6, 6.07) is 0.881. The molecule has 0 amide bonds. The highest BCUT2D eigenvalue weighted by Crippen LogP contribution is 2.29. The molecule has 17 heavy (non-hydrogen) atoms. The Balaban J connectivity index is 1.68. The summed E-state index contributed by atoms with van der Waals surface area (Å²) in [5.41, 5.74) is 0. The van der Waals surface area contributed by atoms with Crippen molar-refractivity contribution in [3.8, 4) is 0 Å². The van der Waals surface area contributed by atoms with Crippen molar-refractivity contribution >= 4 is 0 Å². The fourth-order valence-corrected chi connectivity index (χ4v) is 2.78. The van der Waals surface area contributed by atoms with Crippen molar-refractivity contribution in [2.75, 3.05) is 26.2 Å². The molecular weight excluding hydrogens is 212 g/mol. The van der Waals surface area contributed by atoms with Crippen molar-refractivity contribution in [3.63, 3.8) is 0 Å². The molecule has 1 saturated carbocycles. The average Bonchev–Trinajstić information content (AvgIpc) is 3.08. The van der Waals surface area contributed by atoms with E-state index in [1.165, 1.54) is 45.2 Å². The van der Waals surface area contributed by atoms with Crippen molar-refractivity contribution in [1.82, 2.24) is 10.2 Å². The van der Waals surface area contributed by atoms with Crippen LogP contribution >= 0.6 is 0 Å². The zero-order valence-corrected chi connectivity index (χ0v) is 11.5. The second-order valence-corrected chi connectivity index (χ2v) is 5.49. The molecule has 3 nitrogen and oxygen atoms in total. The van der Waals surface area contributed by atoms with Gasteiger partial charge in [0.1, 0.15) is 0 Å². The van der Waals surface area contributed by atoms with Gasteiger partial charge in [0.2, 0.25) is 0 Å². The van der Waals surface area contributed by atoms with Gasteiger partial charge < -0.3 is 10.1 Å². The van der Waals surface area contributed by atoms with E-state index in [4.69, 9.17) is 4.74 Å². The van der Waals surface area contributed by atoms with Gasteiger partial charge >= 0.3 is 0 Å². The van der Waals surface area contributed by atoms with Gasteiger partial charge in [-0.3, -0.25) is 4.90 Å². The van der Waals surface area contributed by atoms with Crippen molar-refractivity contribution in [2.24, 2.45) is 0 Å². The van der Waals surface area contributed by atoms with Crippen LogP contribution in [0.2, 0.25) is 0 Å². The predicted molar refractivity (Wildman–Crippen MR) is 71.3 cm³/mol. The molecule has 100 valence electrons. The summed E-state index contributed by atoms with van der Waals surface area (Å²) >= 11 is 0. The van der Waals surface area contributed by atoms with Crippen molar-refractivity contribution in [2.45, 2.75) is 64.2 Å². The van der Waals surface area contributed by atoms with E-state index in [-0.39, 0.29) is 0 Å². The first-order chi connectivity index (χ1) is 8.33. The van der Waals surface area contributed by atoms with E-state index in [9.17, 15) is 0 Å². The van der Waals surface area contributed by atoms with Gasteiger partial charge in [0.05, 0.1) is 12.2 Å². The Morgan fingerprint density at radius 1 is 1.12 bits per heavy atom. The molecule has 0 aromatic heterocycles. The third kappa shape index (κ3) is 4.23. The van der Waals surface area contributed by atoms with Crippen LogP contribution in [-0.4, -0.2) is 49.3 Å². The Kier molecular flexibility index (Phi) is 5.26. The van der Waals surface area contributed by atoms with Gasteiger partial charge in [-0.2, -0.15) is 0 Å². The molecule has 1 aliphatic carbocycles. The van der Waals surface area contributed by atoms with E-state index in [0.717, 1.165) is 19.1 Å². The van der Waals surface area contributed by atoms with Crippen molar-refractivity contribution in [3.05, 3.63) is 0 Å². The van der Waals surface area contributed by atoms with E-state index in [1.807, 2.05) is 0 Å². The smallest absolute Gasteiger partial charge is 0.0707 e. The molecule has 0 aromatic carbocycles. The van der Waals surface area contributed by atoms with Crippen molar-refractivity contribution < 1.29 is 4.74 Å². The first-order valence-corrected chi connectivity index (χ1v) is 7.43. The topological polar surface area (TPSA) is 24.5 Å². The normalized spacial score (nSPS) is 29.1. The zero-order chi connectivity index (χ0) is 12.1. The number of rotatable bonds is 8. The van der Waals surface area contributed by atoms with Crippen molar-refractivity contribution in [1.29, 1.82) is 0 Å². The third-order valence-electron chi connectivity index (χ3n) is 3.83. The summed E-state index contributed by atoms with van der Waals surface area (Å²) in [5.74, 6) is 0. The van der Waals surface area contributed by atoms with Gasteiger partial charge in [-0.25, -0.2) is 0 Å². The minimum absolute atomic E-state index is 0.461. The molecule has 0 bridgehead atoms. The first kappa shape index (κ1) is 13.3. The number of hydrogen-bond acceptors (Lipinski definition) is 3. The molecule has 1 N–H and O–H groups in total. The molecule has 1 aliphatic heterocycles. The van der Waals surface area contributed by atoms with E-state index >= 15 is 0 Å². The molecule has 0 radical (unpaired) electrons. The van der Waals surface area contributed by atoms with Crippen LogP contribution in [0.3, 0.4) is 0 Å². The van der Waals surface area contributed by atoms with Gasteiger partial charge in [0.25, 0.3) is 0 Å². The maximum absolute atomic E-state index is 6.11. The van der Waals surface area contributed by atoms with Gasteiger partial charge in [-0.15, -0.1) is 0 Å². The lowest BCUT2D eigenvalue weighted by Gasteiger charge is -2.25. The molecule has 0 aromatic rings. The molecule has 2 rings (SSSR count). The highest BCUT2D eigenvalue weighted by Gasteiger charge is 2.32. The SMILES string of the molecule is CCCN(CC1CCC(CNCC)O1)C1CC1. The van der Waals surface area contributed by atoms with Gasteiger partial charge in [-0.1, -0.05) is 13.8 Å². The lowest BCUT2D eigenvalue weighted by molar-refractivity contribution is 0.0219. The minimum Gasteiger partial charge on any atom is -0.372 e. The van der Waals surface area contributed by atoms with Crippen LogP contribution in [0.5, 0.6) is 0 Å². The maximum atomic E-state index is 6.11. The van der Waals surface area contributed by atoms with Crippen LogP contribution in [0.4, 0.5) is 0 Å². The molecule has 1 heterocycles. The van der Waals surface area contributed by atoms with Gasteiger partial charge in [0.15, 0.2) is 0 Å². The lowest BCUT2D eigenvalue weighted by Crippen LogP contribution is -2.35. The monoisotopic (exact) mass is 240 g/mol. The van der Waals surface area contributed by atoms with E-state index in [1.54, 1.807) is 0 Å². The van der Waals surface area contributed by atoms with Crippen LogP contribution < -0.4 is 5.32 Å².